The summed E-state index contributed by atoms with van der Waals surface area (Å²) in [6.07, 6.45) is 1.66. The van der Waals surface area contributed by atoms with E-state index in [1.165, 1.54) is 0 Å². The molecule has 2 rings (SSSR count). The fourth-order valence-electron chi connectivity index (χ4n) is 2.08. The number of guanidine groups is 1. The molecule has 0 aliphatic heterocycles. The quantitative estimate of drug-likeness (QED) is 0.607. The first-order chi connectivity index (χ1) is 11.3. The van der Waals surface area contributed by atoms with E-state index in [1.807, 2.05) is 37.3 Å². The number of ether oxygens (including phenoxy) is 2. The summed E-state index contributed by atoms with van der Waals surface area (Å²) in [6.45, 7) is 3.94. The molecule has 124 valence electrons. The first kappa shape index (κ1) is 16.7. The van der Waals surface area contributed by atoms with Crippen LogP contribution in [0.15, 0.2) is 46.0 Å². The highest BCUT2D eigenvalue weighted by molar-refractivity contribution is 5.79. The normalized spacial score (nSPS) is 11.2. The van der Waals surface area contributed by atoms with Gasteiger partial charge in [-0.3, -0.25) is 0 Å². The summed E-state index contributed by atoms with van der Waals surface area (Å²) in [5, 5.41) is 6.44. The zero-order valence-electron chi connectivity index (χ0n) is 13.8. The second-order valence-electron chi connectivity index (χ2n) is 4.82. The molecule has 0 saturated heterocycles. The fourth-order valence-corrected chi connectivity index (χ4v) is 2.08. The molecule has 0 aliphatic rings. The van der Waals surface area contributed by atoms with Gasteiger partial charge in [0.25, 0.3) is 0 Å². The van der Waals surface area contributed by atoms with Gasteiger partial charge in [0.15, 0.2) is 17.5 Å². The summed E-state index contributed by atoms with van der Waals surface area (Å²) in [6, 6.07) is 9.57. The lowest BCUT2D eigenvalue weighted by molar-refractivity contribution is 0.354. The SMILES string of the molecule is CCNC(=NCc1ccc(OC)c(OC)c1)NCc1ccco1. The zero-order chi connectivity index (χ0) is 16.5. The first-order valence-electron chi connectivity index (χ1n) is 7.52. The lowest BCUT2D eigenvalue weighted by Crippen LogP contribution is -2.36. The highest BCUT2D eigenvalue weighted by Crippen LogP contribution is 2.27. The maximum absolute atomic E-state index is 5.31. The Labute approximate surface area is 136 Å². The molecule has 0 radical (unpaired) electrons. The van der Waals surface area contributed by atoms with Gasteiger partial charge in [-0.1, -0.05) is 6.07 Å². The van der Waals surface area contributed by atoms with Crippen LogP contribution in [-0.4, -0.2) is 26.7 Å². The molecule has 0 spiro atoms. The van der Waals surface area contributed by atoms with E-state index in [1.54, 1.807) is 20.5 Å². The molecule has 0 saturated carbocycles. The maximum Gasteiger partial charge on any atom is 0.191 e. The van der Waals surface area contributed by atoms with Gasteiger partial charge in [-0.25, -0.2) is 4.99 Å². The Morgan fingerprint density at radius 3 is 2.61 bits per heavy atom. The summed E-state index contributed by atoms with van der Waals surface area (Å²) < 4.78 is 15.9. The van der Waals surface area contributed by atoms with Crippen LogP contribution >= 0.6 is 0 Å². The van der Waals surface area contributed by atoms with E-state index >= 15 is 0 Å². The molecule has 0 atom stereocenters. The number of nitrogens with zero attached hydrogens (tertiary/aromatic N) is 1. The van der Waals surface area contributed by atoms with E-state index in [9.17, 15) is 0 Å². The minimum Gasteiger partial charge on any atom is -0.493 e. The van der Waals surface area contributed by atoms with Crippen LogP contribution < -0.4 is 20.1 Å². The molecule has 2 N–H and O–H groups in total. The van der Waals surface area contributed by atoms with Gasteiger partial charge in [0.05, 0.1) is 33.6 Å². The Morgan fingerprint density at radius 2 is 1.96 bits per heavy atom. The third-order valence-corrected chi connectivity index (χ3v) is 3.22. The van der Waals surface area contributed by atoms with Crippen molar-refractivity contribution in [3.05, 3.63) is 47.9 Å². The van der Waals surface area contributed by atoms with Gasteiger partial charge in [-0.15, -0.1) is 0 Å². The molecule has 1 heterocycles. The summed E-state index contributed by atoms with van der Waals surface area (Å²) in [7, 11) is 3.25. The van der Waals surface area contributed by atoms with Gasteiger partial charge in [0.1, 0.15) is 5.76 Å². The summed E-state index contributed by atoms with van der Waals surface area (Å²) >= 11 is 0. The standard InChI is InChI=1S/C17H23N3O3/c1-4-18-17(20-12-14-6-5-9-23-14)19-11-13-7-8-15(21-2)16(10-13)22-3/h5-10H,4,11-12H2,1-3H3,(H2,18,19,20). The van der Waals surface area contributed by atoms with Crippen LogP contribution in [0, 0.1) is 0 Å². The number of hydrogen-bond donors (Lipinski definition) is 2. The maximum atomic E-state index is 5.31. The van der Waals surface area contributed by atoms with Crippen LogP contribution in [-0.2, 0) is 13.1 Å². The van der Waals surface area contributed by atoms with Gasteiger partial charge >= 0.3 is 0 Å². The lowest BCUT2D eigenvalue weighted by atomic mass is 10.2. The molecule has 23 heavy (non-hydrogen) atoms. The predicted octanol–water partition coefficient (Wildman–Crippen LogP) is 2.55. The zero-order valence-corrected chi connectivity index (χ0v) is 13.8. The number of hydrogen-bond acceptors (Lipinski definition) is 4. The largest absolute Gasteiger partial charge is 0.493 e. The molecular weight excluding hydrogens is 294 g/mol. The van der Waals surface area contributed by atoms with Crippen LogP contribution in [0.1, 0.15) is 18.2 Å². The molecule has 1 aromatic heterocycles. The molecule has 2 aromatic rings. The highest BCUT2D eigenvalue weighted by atomic mass is 16.5. The van der Waals surface area contributed by atoms with Crippen molar-refractivity contribution >= 4 is 5.96 Å². The average molecular weight is 317 g/mol. The topological polar surface area (TPSA) is 68.0 Å². The number of benzene rings is 1. The Morgan fingerprint density at radius 1 is 1.13 bits per heavy atom. The van der Waals surface area contributed by atoms with Gasteiger partial charge in [-0.05, 0) is 36.8 Å². The number of furan rings is 1. The molecule has 1 aromatic carbocycles. The monoisotopic (exact) mass is 317 g/mol. The van der Waals surface area contributed by atoms with Crippen LogP contribution in [0.4, 0.5) is 0 Å². The minimum absolute atomic E-state index is 0.536. The molecular formula is C17H23N3O3. The van der Waals surface area contributed by atoms with Crippen molar-refractivity contribution in [3.8, 4) is 11.5 Å². The fraction of sp³-hybridized carbons (Fsp3) is 0.353. The van der Waals surface area contributed by atoms with Crippen LogP contribution in [0.5, 0.6) is 11.5 Å². The second kappa shape index (κ2) is 8.73. The van der Waals surface area contributed by atoms with Crippen molar-refractivity contribution in [2.75, 3.05) is 20.8 Å². The van der Waals surface area contributed by atoms with E-state index in [2.05, 4.69) is 15.6 Å². The summed E-state index contributed by atoms with van der Waals surface area (Å²) in [4.78, 5) is 4.57. The van der Waals surface area contributed by atoms with Crippen molar-refractivity contribution in [1.82, 2.24) is 10.6 Å². The predicted molar refractivity (Wildman–Crippen MR) is 89.9 cm³/mol. The molecule has 6 nitrogen and oxygen atoms in total. The van der Waals surface area contributed by atoms with E-state index in [4.69, 9.17) is 13.9 Å². The Hall–Kier alpha value is -2.63. The van der Waals surface area contributed by atoms with Gasteiger partial charge in [0, 0.05) is 6.54 Å². The van der Waals surface area contributed by atoms with E-state index in [0.29, 0.717) is 24.6 Å². The second-order valence-corrected chi connectivity index (χ2v) is 4.82. The Bertz CT molecular complexity index is 624. The van der Waals surface area contributed by atoms with Gasteiger partial charge in [-0.2, -0.15) is 0 Å². The number of nitrogens with one attached hydrogen (secondary N) is 2. The molecule has 0 bridgehead atoms. The Kier molecular flexibility index (Phi) is 6.35. The van der Waals surface area contributed by atoms with Crippen molar-refractivity contribution in [3.63, 3.8) is 0 Å². The number of methoxy groups -OCH3 is 2. The first-order valence-corrected chi connectivity index (χ1v) is 7.52. The van der Waals surface area contributed by atoms with Crippen LogP contribution in [0.3, 0.4) is 0 Å². The van der Waals surface area contributed by atoms with Crippen molar-refractivity contribution in [1.29, 1.82) is 0 Å². The lowest BCUT2D eigenvalue weighted by Gasteiger charge is -2.11. The molecule has 6 heteroatoms. The minimum atomic E-state index is 0.536. The highest BCUT2D eigenvalue weighted by Gasteiger charge is 2.05. The Balaban J connectivity index is 2.01. The molecule has 0 aliphatic carbocycles. The van der Waals surface area contributed by atoms with Crippen LogP contribution in [0.2, 0.25) is 0 Å². The van der Waals surface area contributed by atoms with Crippen molar-refractivity contribution in [2.24, 2.45) is 4.99 Å². The molecule has 0 unspecified atom stereocenters. The van der Waals surface area contributed by atoms with Crippen LogP contribution in [0.25, 0.3) is 0 Å². The molecule has 0 amide bonds. The van der Waals surface area contributed by atoms with Crippen molar-refractivity contribution < 1.29 is 13.9 Å². The third kappa shape index (κ3) is 4.95. The van der Waals surface area contributed by atoms with Crippen molar-refractivity contribution in [2.45, 2.75) is 20.0 Å². The summed E-state index contributed by atoms with van der Waals surface area (Å²) in [5.41, 5.74) is 1.04. The number of rotatable bonds is 7. The van der Waals surface area contributed by atoms with E-state index in [-0.39, 0.29) is 0 Å². The van der Waals surface area contributed by atoms with Gasteiger partial charge in [0.2, 0.25) is 0 Å². The average Bonchev–Trinajstić information content (AvgIpc) is 3.10. The smallest absolute Gasteiger partial charge is 0.191 e. The van der Waals surface area contributed by atoms with Gasteiger partial charge < -0.3 is 24.5 Å². The summed E-state index contributed by atoms with van der Waals surface area (Å²) in [5.74, 6) is 3.01. The van der Waals surface area contributed by atoms with E-state index in [0.717, 1.165) is 23.8 Å². The third-order valence-electron chi connectivity index (χ3n) is 3.22. The number of aliphatic imine (C=N–C) groups is 1. The molecule has 0 fully saturated rings. The van der Waals surface area contributed by atoms with E-state index < -0.39 is 0 Å².